The third-order valence-electron chi connectivity index (χ3n) is 2.81. The summed E-state index contributed by atoms with van der Waals surface area (Å²) in [5, 5.41) is 11.3. The van der Waals surface area contributed by atoms with E-state index in [4.69, 9.17) is 9.84 Å². The van der Waals surface area contributed by atoms with E-state index in [2.05, 4.69) is 5.32 Å². The highest BCUT2D eigenvalue weighted by Gasteiger charge is 2.13. The van der Waals surface area contributed by atoms with Gasteiger partial charge < -0.3 is 19.7 Å². The molecule has 0 saturated heterocycles. The molecule has 21 heavy (non-hydrogen) atoms. The molecular formula is C14H13FN2O4. The molecule has 0 aliphatic carbocycles. The molecule has 2 rings (SSSR count). The van der Waals surface area contributed by atoms with Crippen LogP contribution in [0.15, 0.2) is 36.5 Å². The largest absolute Gasteiger partial charge is 0.497 e. The first-order valence-electron chi connectivity index (χ1n) is 6.03. The van der Waals surface area contributed by atoms with Crippen LogP contribution < -0.4 is 10.1 Å². The topological polar surface area (TPSA) is 80.6 Å². The summed E-state index contributed by atoms with van der Waals surface area (Å²) in [6.45, 7) is -0.231. The Morgan fingerprint density at radius 2 is 2.14 bits per heavy atom. The maximum absolute atomic E-state index is 13.6. The minimum atomic E-state index is -1.14. The van der Waals surface area contributed by atoms with Crippen molar-refractivity contribution in [2.75, 3.05) is 12.4 Å². The monoisotopic (exact) mass is 292 g/mol. The van der Waals surface area contributed by atoms with Crippen LogP contribution in [0.25, 0.3) is 0 Å². The Morgan fingerprint density at radius 1 is 1.38 bits per heavy atom. The maximum atomic E-state index is 13.6. The van der Waals surface area contributed by atoms with Crippen LogP contribution in [-0.2, 0) is 11.3 Å². The Morgan fingerprint density at radius 3 is 2.81 bits per heavy atom. The number of aromatic nitrogens is 1. The van der Waals surface area contributed by atoms with Crippen molar-refractivity contribution >= 4 is 17.6 Å². The summed E-state index contributed by atoms with van der Waals surface area (Å²) >= 11 is 0. The van der Waals surface area contributed by atoms with Crippen LogP contribution in [0.5, 0.6) is 5.75 Å². The normalized spacial score (nSPS) is 10.2. The number of hydrogen-bond acceptors (Lipinski definition) is 3. The molecule has 0 aliphatic rings. The Bertz CT molecular complexity index is 681. The quantitative estimate of drug-likeness (QED) is 0.883. The summed E-state index contributed by atoms with van der Waals surface area (Å²) in [5.41, 5.74) is -0.0420. The molecule has 0 fully saturated rings. The molecule has 1 aromatic carbocycles. The number of carbonyl (C=O) groups is 2. The third-order valence-corrected chi connectivity index (χ3v) is 2.81. The fourth-order valence-corrected chi connectivity index (χ4v) is 1.82. The maximum Gasteiger partial charge on any atom is 0.352 e. The number of benzene rings is 1. The molecule has 1 aromatic heterocycles. The lowest BCUT2D eigenvalue weighted by Crippen LogP contribution is -2.21. The third kappa shape index (κ3) is 3.38. The van der Waals surface area contributed by atoms with E-state index >= 15 is 0 Å². The number of nitrogens with zero attached hydrogens (tertiary/aromatic N) is 1. The highest BCUT2D eigenvalue weighted by atomic mass is 19.1. The number of halogens is 1. The van der Waals surface area contributed by atoms with Crippen molar-refractivity contribution in [3.05, 3.63) is 48.0 Å². The van der Waals surface area contributed by atoms with Gasteiger partial charge in [-0.2, -0.15) is 0 Å². The van der Waals surface area contributed by atoms with Crippen molar-refractivity contribution in [1.82, 2.24) is 4.57 Å². The van der Waals surface area contributed by atoms with Gasteiger partial charge in [-0.3, -0.25) is 4.79 Å². The van der Waals surface area contributed by atoms with Crippen LogP contribution in [0.2, 0.25) is 0 Å². The van der Waals surface area contributed by atoms with E-state index in [-0.39, 0.29) is 17.9 Å². The van der Waals surface area contributed by atoms with E-state index in [0.29, 0.717) is 5.75 Å². The van der Waals surface area contributed by atoms with Crippen molar-refractivity contribution in [3.8, 4) is 5.75 Å². The Kier molecular flexibility index (Phi) is 4.22. The van der Waals surface area contributed by atoms with E-state index in [1.165, 1.54) is 48.2 Å². The number of carboxylic acids is 1. The van der Waals surface area contributed by atoms with Crippen LogP contribution >= 0.6 is 0 Å². The zero-order valence-electron chi connectivity index (χ0n) is 11.2. The molecule has 110 valence electrons. The van der Waals surface area contributed by atoms with Crippen LogP contribution in [-0.4, -0.2) is 28.7 Å². The summed E-state index contributed by atoms with van der Waals surface area (Å²) in [6, 6.07) is 6.85. The van der Waals surface area contributed by atoms with Gasteiger partial charge in [0.15, 0.2) is 0 Å². The fourth-order valence-electron chi connectivity index (χ4n) is 1.82. The Labute approximate surface area is 119 Å². The minimum Gasteiger partial charge on any atom is -0.497 e. The average Bonchev–Trinajstić information content (AvgIpc) is 2.89. The molecule has 0 unspecified atom stereocenters. The van der Waals surface area contributed by atoms with Crippen LogP contribution in [0.4, 0.5) is 10.1 Å². The smallest absolute Gasteiger partial charge is 0.352 e. The highest BCUT2D eigenvalue weighted by molar-refractivity contribution is 5.92. The van der Waals surface area contributed by atoms with Gasteiger partial charge in [-0.1, -0.05) is 0 Å². The molecule has 0 atom stereocenters. The molecule has 0 radical (unpaired) electrons. The van der Waals surface area contributed by atoms with E-state index in [1.807, 2.05) is 0 Å². The van der Waals surface area contributed by atoms with E-state index in [9.17, 15) is 14.0 Å². The number of amides is 1. The van der Waals surface area contributed by atoms with Gasteiger partial charge in [0.05, 0.1) is 12.8 Å². The van der Waals surface area contributed by atoms with E-state index in [0.717, 1.165) is 0 Å². The minimum absolute atomic E-state index is 0.0173. The first-order chi connectivity index (χ1) is 10.0. The molecule has 1 heterocycles. The van der Waals surface area contributed by atoms with Gasteiger partial charge in [0, 0.05) is 12.3 Å². The van der Waals surface area contributed by atoms with Crippen LogP contribution in [0.3, 0.4) is 0 Å². The second kappa shape index (κ2) is 6.08. The van der Waals surface area contributed by atoms with Gasteiger partial charge in [-0.25, -0.2) is 9.18 Å². The predicted molar refractivity (Wildman–Crippen MR) is 73.0 cm³/mol. The number of methoxy groups -OCH3 is 1. The summed E-state index contributed by atoms with van der Waals surface area (Å²) < 4.78 is 19.8. The number of anilines is 1. The van der Waals surface area contributed by atoms with Gasteiger partial charge in [-0.05, 0) is 24.3 Å². The number of hydrogen-bond donors (Lipinski definition) is 2. The average molecular weight is 292 g/mol. The van der Waals surface area contributed by atoms with E-state index in [1.54, 1.807) is 0 Å². The summed E-state index contributed by atoms with van der Waals surface area (Å²) in [5.74, 6) is -1.88. The van der Waals surface area contributed by atoms with Gasteiger partial charge in [0.1, 0.15) is 23.8 Å². The number of ether oxygens (including phenoxy) is 1. The standard InChI is InChI=1S/C14H13FN2O4/c1-21-9-4-5-10(15)11(7-9)16-13(18)8-17-6-2-3-12(17)14(19)20/h2-7H,8H2,1H3,(H,16,18)(H,19,20). The summed E-state index contributed by atoms with van der Waals surface area (Å²) in [6.07, 6.45) is 1.46. The molecular weight excluding hydrogens is 279 g/mol. The number of aromatic carboxylic acids is 1. The zero-order valence-corrected chi connectivity index (χ0v) is 11.2. The predicted octanol–water partition coefficient (Wildman–Crippen LogP) is 1.97. The molecule has 0 aliphatic heterocycles. The molecule has 0 bridgehead atoms. The number of carbonyl (C=O) groups excluding carboxylic acids is 1. The highest BCUT2D eigenvalue weighted by Crippen LogP contribution is 2.21. The number of rotatable bonds is 5. The van der Waals surface area contributed by atoms with Gasteiger partial charge in [-0.15, -0.1) is 0 Å². The van der Waals surface area contributed by atoms with Gasteiger partial charge in [0.2, 0.25) is 5.91 Å². The van der Waals surface area contributed by atoms with Crippen LogP contribution in [0, 0.1) is 5.82 Å². The molecule has 7 heteroatoms. The number of nitrogens with one attached hydrogen (secondary N) is 1. The van der Waals surface area contributed by atoms with Crippen molar-refractivity contribution in [2.45, 2.75) is 6.54 Å². The van der Waals surface area contributed by atoms with E-state index < -0.39 is 17.7 Å². The van der Waals surface area contributed by atoms with Gasteiger partial charge >= 0.3 is 5.97 Å². The number of carboxylic acid groups (broad SMARTS) is 1. The second-order valence-corrected chi connectivity index (χ2v) is 4.22. The molecule has 6 nitrogen and oxygen atoms in total. The molecule has 2 N–H and O–H groups in total. The SMILES string of the molecule is COc1ccc(F)c(NC(=O)Cn2cccc2C(=O)O)c1. The summed E-state index contributed by atoms with van der Waals surface area (Å²) in [4.78, 5) is 22.8. The van der Waals surface area contributed by atoms with Crippen LogP contribution in [0.1, 0.15) is 10.5 Å². The molecule has 1 amide bonds. The van der Waals surface area contributed by atoms with Crippen molar-refractivity contribution in [1.29, 1.82) is 0 Å². The first kappa shape index (κ1) is 14.6. The summed E-state index contributed by atoms with van der Waals surface area (Å²) in [7, 11) is 1.43. The fraction of sp³-hybridized carbons (Fsp3) is 0.143. The Balaban J connectivity index is 2.11. The zero-order chi connectivity index (χ0) is 15.4. The molecule has 0 spiro atoms. The lowest BCUT2D eigenvalue weighted by atomic mass is 10.3. The van der Waals surface area contributed by atoms with Crippen molar-refractivity contribution in [3.63, 3.8) is 0 Å². The molecule has 0 saturated carbocycles. The van der Waals surface area contributed by atoms with Gasteiger partial charge in [0.25, 0.3) is 0 Å². The molecule has 2 aromatic rings. The lowest BCUT2D eigenvalue weighted by molar-refractivity contribution is -0.116. The second-order valence-electron chi connectivity index (χ2n) is 4.22. The Hall–Kier alpha value is -2.83. The van der Waals surface area contributed by atoms with Crippen molar-refractivity contribution in [2.24, 2.45) is 0 Å². The first-order valence-corrected chi connectivity index (χ1v) is 6.03. The van der Waals surface area contributed by atoms with Crippen molar-refractivity contribution < 1.29 is 23.8 Å². The lowest BCUT2D eigenvalue weighted by Gasteiger charge is -2.10.